The van der Waals surface area contributed by atoms with Crippen LogP contribution in [0.15, 0.2) is 6.07 Å². The second-order valence-corrected chi connectivity index (χ2v) is 12.4. The molecule has 1 aromatic rings. The molecule has 0 heterocycles. The molecule has 0 radical (unpaired) electrons. The van der Waals surface area contributed by atoms with Crippen molar-refractivity contribution in [3.05, 3.63) is 33.9 Å². The van der Waals surface area contributed by atoms with Gasteiger partial charge in [0.15, 0.2) is 0 Å². The molecule has 0 bridgehead atoms. The van der Waals surface area contributed by atoms with E-state index >= 15 is 0 Å². The highest BCUT2D eigenvalue weighted by atomic mass is 14.6. The van der Waals surface area contributed by atoms with Crippen molar-refractivity contribution in [2.45, 2.75) is 125 Å². The van der Waals surface area contributed by atoms with E-state index in [0.29, 0.717) is 5.41 Å². The van der Waals surface area contributed by atoms with E-state index in [1.54, 1.807) is 22.3 Å². The van der Waals surface area contributed by atoms with Gasteiger partial charge in [-0.05, 0) is 127 Å². The molecule has 2 saturated carbocycles. The fraction of sp³-hybridized carbons (Fsp3) is 0.806. The standard InChI is InChI=1S/C31H50/c1-8-23-19-22(6)30-26(24(23)9-2)14-13-25-27(30)17-18-31(7)28(15-16-29(25)31)21(5)12-10-11-20(3)4/h19-21,25,27-29H,8-18H2,1-7H3/t21?,25?,27?,28-,29?,31-/m1/s1. The number of hydrogen-bond acceptors (Lipinski definition) is 0. The Hall–Kier alpha value is -0.780. The Morgan fingerprint density at radius 3 is 2.45 bits per heavy atom. The molecule has 2 fully saturated rings. The van der Waals surface area contributed by atoms with E-state index in [2.05, 4.69) is 54.5 Å². The first kappa shape index (κ1) is 23.4. The third-order valence-corrected chi connectivity index (χ3v) is 10.4. The number of fused-ring (bicyclic) bond motifs is 5. The SMILES string of the molecule is CCc1cc(C)c2c(c1CC)CCC1C2CC[C@@]2(C)C1CC[C@@H]2C(C)CCCC(C)C. The molecule has 3 aliphatic rings. The van der Waals surface area contributed by atoms with Gasteiger partial charge >= 0.3 is 0 Å². The zero-order valence-corrected chi connectivity index (χ0v) is 21.8. The Kier molecular flexibility index (Phi) is 6.96. The van der Waals surface area contributed by atoms with Crippen molar-refractivity contribution in [1.82, 2.24) is 0 Å². The lowest BCUT2D eigenvalue weighted by Gasteiger charge is -2.52. The molecular formula is C31H50. The predicted molar refractivity (Wildman–Crippen MR) is 136 cm³/mol. The average molecular weight is 423 g/mol. The van der Waals surface area contributed by atoms with Crippen LogP contribution in [0.4, 0.5) is 0 Å². The summed E-state index contributed by atoms with van der Waals surface area (Å²) >= 11 is 0. The summed E-state index contributed by atoms with van der Waals surface area (Å²) in [5, 5.41) is 0. The minimum absolute atomic E-state index is 0.612. The fourth-order valence-electron chi connectivity index (χ4n) is 8.96. The van der Waals surface area contributed by atoms with Gasteiger partial charge in [-0.1, -0.05) is 66.9 Å². The summed E-state index contributed by atoms with van der Waals surface area (Å²) in [5.74, 6) is 5.54. The normalized spacial score (nSPS) is 33.2. The van der Waals surface area contributed by atoms with Crippen molar-refractivity contribution in [1.29, 1.82) is 0 Å². The van der Waals surface area contributed by atoms with Crippen molar-refractivity contribution in [3.63, 3.8) is 0 Å². The third-order valence-electron chi connectivity index (χ3n) is 10.4. The van der Waals surface area contributed by atoms with Crippen LogP contribution >= 0.6 is 0 Å². The van der Waals surface area contributed by atoms with Gasteiger partial charge in [0.25, 0.3) is 0 Å². The molecule has 0 N–H and O–H groups in total. The van der Waals surface area contributed by atoms with Gasteiger partial charge in [0, 0.05) is 0 Å². The molecule has 0 aliphatic heterocycles. The van der Waals surface area contributed by atoms with E-state index in [1.165, 1.54) is 70.6 Å². The Balaban J connectivity index is 1.57. The Morgan fingerprint density at radius 1 is 1.00 bits per heavy atom. The van der Waals surface area contributed by atoms with Gasteiger partial charge in [-0.2, -0.15) is 0 Å². The van der Waals surface area contributed by atoms with E-state index in [4.69, 9.17) is 0 Å². The molecule has 0 aromatic heterocycles. The molecule has 1 aromatic carbocycles. The molecule has 0 heteroatoms. The lowest BCUT2D eigenvalue weighted by molar-refractivity contribution is 0.00948. The van der Waals surface area contributed by atoms with Gasteiger partial charge < -0.3 is 0 Å². The van der Waals surface area contributed by atoms with Gasteiger partial charge in [-0.25, -0.2) is 0 Å². The monoisotopic (exact) mass is 422 g/mol. The zero-order valence-electron chi connectivity index (χ0n) is 21.8. The first-order valence-electron chi connectivity index (χ1n) is 14.0. The fourth-order valence-corrected chi connectivity index (χ4v) is 8.96. The van der Waals surface area contributed by atoms with E-state index in [9.17, 15) is 0 Å². The van der Waals surface area contributed by atoms with Crippen LogP contribution in [0, 0.1) is 41.9 Å². The van der Waals surface area contributed by atoms with E-state index in [-0.39, 0.29) is 0 Å². The second-order valence-electron chi connectivity index (χ2n) is 12.4. The van der Waals surface area contributed by atoms with Crippen LogP contribution in [0.1, 0.15) is 127 Å². The Morgan fingerprint density at radius 2 is 1.77 bits per heavy atom. The third kappa shape index (κ3) is 4.04. The highest BCUT2D eigenvalue weighted by molar-refractivity contribution is 5.49. The Bertz CT molecular complexity index is 771. The van der Waals surface area contributed by atoms with Gasteiger partial charge in [0.2, 0.25) is 0 Å². The minimum Gasteiger partial charge on any atom is -0.0628 e. The molecule has 4 unspecified atom stereocenters. The average Bonchev–Trinajstić information content (AvgIpc) is 3.10. The van der Waals surface area contributed by atoms with Crippen LogP contribution < -0.4 is 0 Å². The second kappa shape index (κ2) is 9.23. The quantitative estimate of drug-likeness (QED) is 0.411. The van der Waals surface area contributed by atoms with Crippen LogP contribution in [-0.2, 0) is 19.3 Å². The van der Waals surface area contributed by atoms with E-state index in [0.717, 1.165) is 35.5 Å². The lowest BCUT2D eigenvalue weighted by atomic mass is 9.52. The maximum atomic E-state index is 2.73. The van der Waals surface area contributed by atoms with Crippen molar-refractivity contribution in [3.8, 4) is 0 Å². The van der Waals surface area contributed by atoms with E-state index < -0.39 is 0 Å². The van der Waals surface area contributed by atoms with Crippen LogP contribution in [0.2, 0.25) is 0 Å². The number of hydrogen-bond donors (Lipinski definition) is 0. The molecular weight excluding hydrogens is 372 g/mol. The van der Waals surface area contributed by atoms with Crippen LogP contribution in [0.25, 0.3) is 0 Å². The molecule has 6 atom stereocenters. The summed E-state index contributed by atoms with van der Waals surface area (Å²) < 4.78 is 0. The maximum absolute atomic E-state index is 2.73. The summed E-state index contributed by atoms with van der Waals surface area (Å²) in [6.45, 7) is 17.3. The van der Waals surface area contributed by atoms with Gasteiger partial charge in [-0.3, -0.25) is 0 Å². The van der Waals surface area contributed by atoms with Gasteiger partial charge in [0.05, 0.1) is 0 Å². The molecule has 174 valence electrons. The smallest absolute Gasteiger partial charge is 0.0125 e. The van der Waals surface area contributed by atoms with Crippen molar-refractivity contribution in [2.24, 2.45) is 35.0 Å². The number of rotatable bonds is 7. The molecule has 4 rings (SSSR count). The molecule has 3 aliphatic carbocycles. The summed E-state index contributed by atoms with van der Waals surface area (Å²) in [5.41, 5.74) is 9.20. The first-order chi connectivity index (χ1) is 14.8. The van der Waals surface area contributed by atoms with Gasteiger partial charge in [0.1, 0.15) is 0 Å². The van der Waals surface area contributed by atoms with Gasteiger partial charge in [-0.15, -0.1) is 0 Å². The highest BCUT2D eigenvalue weighted by Gasteiger charge is 2.55. The zero-order chi connectivity index (χ0) is 22.3. The molecule has 0 saturated heterocycles. The van der Waals surface area contributed by atoms with Crippen molar-refractivity contribution in [2.75, 3.05) is 0 Å². The summed E-state index contributed by atoms with van der Waals surface area (Å²) in [4.78, 5) is 0. The first-order valence-corrected chi connectivity index (χ1v) is 14.0. The lowest BCUT2D eigenvalue weighted by Crippen LogP contribution is -2.44. The topological polar surface area (TPSA) is 0 Å². The molecule has 0 nitrogen and oxygen atoms in total. The van der Waals surface area contributed by atoms with Crippen LogP contribution in [0.3, 0.4) is 0 Å². The van der Waals surface area contributed by atoms with E-state index in [1.807, 2.05) is 5.56 Å². The number of aryl methyl sites for hydroxylation is 2. The highest BCUT2D eigenvalue weighted by Crippen LogP contribution is 2.65. The maximum Gasteiger partial charge on any atom is -0.0125 e. The molecule has 0 spiro atoms. The van der Waals surface area contributed by atoms with Crippen LogP contribution in [-0.4, -0.2) is 0 Å². The molecule has 31 heavy (non-hydrogen) atoms. The Labute approximate surface area is 194 Å². The minimum atomic E-state index is 0.612. The van der Waals surface area contributed by atoms with Crippen molar-refractivity contribution < 1.29 is 0 Å². The summed E-state index contributed by atoms with van der Waals surface area (Å²) in [7, 11) is 0. The summed E-state index contributed by atoms with van der Waals surface area (Å²) in [6.07, 6.45) is 15.5. The summed E-state index contributed by atoms with van der Waals surface area (Å²) in [6, 6.07) is 2.57. The number of benzene rings is 1. The van der Waals surface area contributed by atoms with Crippen molar-refractivity contribution >= 4 is 0 Å². The molecule has 0 amide bonds. The largest absolute Gasteiger partial charge is 0.0628 e. The van der Waals surface area contributed by atoms with Crippen LogP contribution in [0.5, 0.6) is 0 Å². The predicted octanol–water partition coefficient (Wildman–Crippen LogP) is 9.05.